The minimum absolute atomic E-state index is 0.0557. The first-order valence-corrected chi connectivity index (χ1v) is 10.3. The van der Waals surface area contributed by atoms with Crippen LogP contribution in [0.4, 0.5) is 0 Å². The van der Waals surface area contributed by atoms with Crippen molar-refractivity contribution in [3.8, 4) is 0 Å². The van der Waals surface area contributed by atoms with Crippen LogP contribution in [0.1, 0.15) is 47.0 Å². The monoisotopic (exact) mass is 376 g/mol. The molecule has 25 heavy (non-hydrogen) atoms. The van der Waals surface area contributed by atoms with E-state index in [9.17, 15) is 18.0 Å². The van der Waals surface area contributed by atoms with Crippen molar-refractivity contribution in [1.82, 2.24) is 10.0 Å². The molecule has 0 radical (unpaired) electrons. The van der Waals surface area contributed by atoms with Crippen LogP contribution in [0, 0.1) is 5.41 Å². The van der Waals surface area contributed by atoms with Crippen molar-refractivity contribution >= 4 is 22.0 Å². The molecule has 0 N–H and O–H groups in total. The molecule has 2 fully saturated rings. The molecule has 9 heteroatoms. The van der Waals surface area contributed by atoms with Gasteiger partial charge in [0.25, 0.3) is 10.1 Å². The van der Waals surface area contributed by atoms with Gasteiger partial charge in [-0.25, -0.2) is 9.80 Å². The Morgan fingerprint density at radius 2 is 2.00 bits per heavy atom. The van der Waals surface area contributed by atoms with Crippen LogP contribution in [-0.4, -0.2) is 67.9 Å². The van der Waals surface area contributed by atoms with Gasteiger partial charge in [-0.05, 0) is 47.0 Å². The Bertz CT molecular complexity index is 642. The smallest absolute Gasteiger partial charge is 0.331 e. The van der Waals surface area contributed by atoms with Crippen LogP contribution >= 0.6 is 0 Å². The minimum Gasteiger partial charge on any atom is -0.458 e. The molecule has 2 aliphatic heterocycles. The molecule has 2 saturated heterocycles. The molecule has 144 valence electrons. The number of esters is 1. The van der Waals surface area contributed by atoms with Crippen molar-refractivity contribution in [3.05, 3.63) is 0 Å². The molecule has 2 unspecified atom stereocenters. The van der Waals surface area contributed by atoms with Gasteiger partial charge in [-0.2, -0.15) is 8.42 Å². The van der Waals surface area contributed by atoms with Crippen molar-refractivity contribution in [2.24, 2.45) is 5.41 Å². The molecule has 0 aromatic heterocycles. The largest absolute Gasteiger partial charge is 0.458 e. The third-order valence-corrected chi connectivity index (χ3v) is 4.97. The number of carbonyl (C=O) groups excluding carboxylic acids is 2. The van der Waals surface area contributed by atoms with E-state index in [0.717, 1.165) is 12.7 Å². The van der Waals surface area contributed by atoms with Gasteiger partial charge in [-0.1, -0.05) is 0 Å². The number of fused-ring (bicyclic) bond motifs is 1. The Morgan fingerprint density at radius 1 is 1.36 bits per heavy atom. The van der Waals surface area contributed by atoms with Crippen molar-refractivity contribution in [3.63, 3.8) is 0 Å². The average molecular weight is 376 g/mol. The molecule has 2 atom stereocenters. The van der Waals surface area contributed by atoms with Gasteiger partial charge in [0.1, 0.15) is 11.6 Å². The Kier molecular flexibility index (Phi) is 5.51. The van der Waals surface area contributed by atoms with Crippen molar-refractivity contribution in [1.29, 1.82) is 0 Å². The summed E-state index contributed by atoms with van der Waals surface area (Å²) < 4.78 is 32.5. The molecule has 2 rings (SSSR count). The normalized spacial score (nSPS) is 28.1. The van der Waals surface area contributed by atoms with E-state index in [1.165, 1.54) is 5.01 Å². The maximum Gasteiger partial charge on any atom is 0.331 e. The lowest BCUT2D eigenvalue weighted by molar-refractivity contribution is -0.177. The van der Waals surface area contributed by atoms with Crippen molar-refractivity contribution in [2.45, 2.75) is 58.6 Å². The van der Waals surface area contributed by atoms with E-state index in [1.807, 2.05) is 5.01 Å². The first-order valence-electron chi connectivity index (χ1n) is 8.48. The first kappa shape index (κ1) is 20.1. The maximum absolute atomic E-state index is 13.0. The number of hydrazine groups is 1. The highest BCUT2D eigenvalue weighted by molar-refractivity contribution is 7.85. The number of hydrogen-bond donors (Lipinski definition) is 0. The van der Waals surface area contributed by atoms with E-state index < -0.39 is 33.1 Å². The summed E-state index contributed by atoms with van der Waals surface area (Å²) in [5.41, 5.74) is -1.40. The number of carbonyl (C=O) groups is 2. The van der Waals surface area contributed by atoms with Gasteiger partial charge in [-0.15, -0.1) is 0 Å². The third-order valence-electron chi connectivity index (χ3n) is 4.38. The Labute approximate surface area is 149 Å². The van der Waals surface area contributed by atoms with Crippen LogP contribution in [-0.2, 0) is 28.6 Å². The zero-order chi connectivity index (χ0) is 19.0. The second-order valence-corrected chi connectivity index (χ2v) is 9.71. The van der Waals surface area contributed by atoms with Crippen molar-refractivity contribution in [2.75, 3.05) is 26.0 Å². The molecule has 0 aliphatic carbocycles. The highest BCUT2D eigenvalue weighted by atomic mass is 32.2. The lowest BCUT2D eigenvalue weighted by Crippen LogP contribution is -2.55. The number of rotatable bonds is 5. The summed E-state index contributed by atoms with van der Waals surface area (Å²) in [4.78, 5) is 25.5. The summed E-state index contributed by atoms with van der Waals surface area (Å²) in [6, 6.07) is -0.627. The second kappa shape index (κ2) is 6.85. The minimum atomic E-state index is -3.54. The molecular formula is C16H28N2O6S. The maximum atomic E-state index is 13.0. The van der Waals surface area contributed by atoms with Crippen LogP contribution in [0.5, 0.6) is 0 Å². The van der Waals surface area contributed by atoms with Gasteiger partial charge < -0.3 is 4.74 Å². The average Bonchev–Trinajstić information content (AvgIpc) is 2.67. The Morgan fingerprint density at radius 3 is 2.56 bits per heavy atom. The molecule has 2 heterocycles. The summed E-state index contributed by atoms with van der Waals surface area (Å²) in [6.07, 6.45) is 2.61. The van der Waals surface area contributed by atoms with E-state index in [2.05, 4.69) is 0 Å². The van der Waals surface area contributed by atoms with Crippen LogP contribution in [0.15, 0.2) is 0 Å². The molecule has 2 aliphatic rings. The topological polar surface area (TPSA) is 93.2 Å². The zero-order valence-electron chi connectivity index (χ0n) is 15.6. The summed E-state index contributed by atoms with van der Waals surface area (Å²) in [5, 5.41) is 3.39. The predicted molar refractivity (Wildman–Crippen MR) is 90.8 cm³/mol. The number of hydrogen-bond acceptors (Lipinski definition) is 7. The molecular weight excluding hydrogens is 348 g/mol. The number of nitrogens with zero attached hydrogens (tertiary/aromatic N) is 2. The Hall–Kier alpha value is -1.19. The molecule has 0 saturated carbocycles. The van der Waals surface area contributed by atoms with Gasteiger partial charge in [0.05, 0.1) is 18.3 Å². The molecule has 0 bridgehead atoms. The standard InChI is InChI=1S/C16H28N2O6S/c1-15(2,3)24-13(19)12-7-6-9-17-11-16(4,14(20)18(12)17)8-10-23-25(5,21)22/h12H,6-11H2,1-5H3. The van der Waals surface area contributed by atoms with E-state index in [-0.39, 0.29) is 18.9 Å². The number of amides is 1. The molecule has 1 amide bonds. The van der Waals surface area contributed by atoms with E-state index in [1.54, 1.807) is 27.7 Å². The van der Waals surface area contributed by atoms with Crippen LogP contribution in [0.2, 0.25) is 0 Å². The van der Waals surface area contributed by atoms with Gasteiger partial charge in [0.2, 0.25) is 5.91 Å². The van der Waals surface area contributed by atoms with Crippen LogP contribution < -0.4 is 0 Å². The SMILES string of the molecule is CC(C)(C)OC(=O)C1CCCN2CC(C)(CCOS(C)(=O)=O)C(=O)N12. The summed E-state index contributed by atoms with van der Waals surface area (Å²) in [7, 11) is -3.54. The summed E-state index contributed by atoms with van der Waals surface area (Å²) >= 11 is 0. The zero-order valence-corrected chi connectivity index (χ0v) is 16.4. The van der Waals surface area contributed by atoms with E-state index >= 15 is 0 Å². The van der Waals surface area contributed by atoms with Gasteiger partial charge in [-0.3, -0.25) is 14.0 Å². The van der Waals surface area contributed by atoms with E-state index in [4.69, 9.17) is 8.92 Å². The fourth-order valence-electron chi connectivity index (χ4n) is 3.26. The highest BCUT2D eigenvalue weighted by Crippen LogP contribution is 2.38. The van der Waals surface area contributed by atoms with Crippen LogP contribution in [0.3, 0.4) is 0 Å². The third kappa shape index (κ3) is 4.92. The first-order chi connectivity index (χ1) is 11.3. The van der Waals surface area contributed by atoms with Crippen LogP contribution in [0.25, 0.3) is 0 Å². The fraction of sp³-hybridized carbons (Fsp3) is 0.875. The number of ether oxygens (including phenoxy) is 1. The highest BCUT2D eigenvalue weighted by Gasteiger charge is 2.53. The molecule has 0 spiro atoms. The Balaban J connectivity index is 2.11. The quantitative estimate of drug-likeness (QED) is 0.520. The van der Waals surface area contributed by atoms with Gasteiger partial charge in [0.15, 0.2) is 0 Å². The summed E-state index contributed by atoms with van der Waals surface area (Å²) in [5.74, 6) is -0.581. The van der Waals surface area contributed by atoms with Crippen molar-refractivity contribution < 1.29 is 26.9 Å². The van der Waals surface area contributed by atoms with Gasteiger partial charge >= 0.3 is 5.97 Å². The fourth-order valence-corrected chi connectivity index (χ4v) is 3.64. The molecule has 8 nitrogen and oxygen atoms in total. The second-order valence-electron chi connectivity index (χ2n) is 8.07. The predicted octanol–water partition coefficient (Wildman–Crippen LogP) is 0.922. The van der Waals surface area contributed by atoms with Gasteiger partial charge in [0, 0.05) is 13.1 Å². The lowest BCUT2D eigenvalue weighted by atomic mass is 9.87. The molecule has 0 aromatic carbocycles. The molecule has 0 aromatic rings. The lowest BCUT2D eigenvalue weighted by Gasteiger charge is -2.39. The van der Waals surface area contributed by atoms with E-state index in [0.29, 0.717) is 19.5 Å². The summed E-state index contributed by atoms with van der Waals surface area (Å²) in [6.45, 7) is 8.24.